The molecule has 104 valence electrons. The fraction of sp³-hybridized carbons (Fsp3) is 0.133. The molecule has 0 aliphatic heterocycles. The van der Waals surface area contributed by atoms with Crippen molar-refractivity contribution in [1.29, 1.82) is 0 Å². The zero-order chi connectivity index (χ0) is 14.5. The van der Waals surface area contributed by atoms with Gasteiger partial charge in [0, 0.05) is 0 Å². The van der Waals surface area contributed by atoms with Gasteiger partial charge in [-0.1, -0.05) is 12.1 Å². The maximum absolute atomic E-state index is 11.2. The summed E-state index contributed by atoms with van der Waals surface area (Å²) in [5.41, 5.74) is 0.779. The van der Waals surface area contributed by atoms with Crippen LogP contribution in [-0.4, -0.2) is 23.3 Å². The SMILES string of the molecule is COc1ccc(OCc2cccc(O)c2)c(C(=O)O)c1. The predicted octanol–water partition coefficient (Wildman–Crippen LogP) is 2.68. The van der Waals surface area contributed by atoms with Crippen molar-refractivity contribution in [2.75, 3.05) is 7.11 Å². The van der Waals surface area contributed by atoms with Crippen LogP contribution >= 0.6 is 0 Å². The van der Waals surface area contributed by atoms with Crippen LogP contribution in [0.2, 0.25) is 0 Å². The van der Waals surface area contributed by atoms with Gasteiger partial charge in [-0.05, 0) is 35.9 Å². The minimum Gasteiger partial charge on any atom is -0.508 e. The summed E-state index contributed by atoms with van der Waals surface area (Å²) in [6.07, 6.45) is 0. The van der Waals surface area contributed by atoms with E-state index in [4.69, 9.17) is 14.6 Å². The van der Waals surface area contributed by atoms with Gasteiger partial charge < -0.3 is 19.7 Å². The van der Waals surface area contributed by atoms with Crippen LogP contribution in [0.15, 0.2) is 42.5 Å². The van der Waals surface area contributed by atoms with Gasteiger partial charge in [-0.25, -0.2) is 4.79 Å². The van der Waals surface area contributed by atoms with E-state index >= 15 is 0 Å². The minimum atomic E-state index is -1.09. The number of hydrogen-bond donors (Lipinski definition) is 2. The smallest absolute Gasteiger partial charge is 0.339 e. The molecule has 0 aliphatic rings. The lowest BCUT2D eigenvalue weighted by Gasteiger charge is -2.10. The highest BCUT2D eigenvalue weighted by Crippen LogP contribution is 2.25. The first kappa shape index (κ1) is 13.7. The molecule has 0 fully saturated rings. The number of ether oxygens (including phenoxy) is 2. The predicted molar refractivity (Wildman–Crippen MR) is 72.4 cm³/mol. The highest BCUT2D eigenvalue weighted by Gasteiger charge is 2.13. The summed E-state index contributed by atoms with van der Waals surface area (Å²) in [4.78, 5) is 11.2. The number of phenolic OH excluding ortho intramolecular Hbond substituents is 1. The summed E-state index contributed by atoms with van der Waals surface area (Å²) in [7, 11) is 1.47. The van der Waals surface area contributed by atoms with Crippen molar-refractivity contribution < 1.29 is 24.5 Å². The molecule has 0 aliphatic carbocycles. The number of aromatic hydroxyl groups is 1. The molecule has 2 rings (SSSR count). The van der Waals surface area contributed by atoms with Crippen LogP contribution in [0.3, 0.4) is 0 Å². The van der Waals surface area contributed by atoms with E-state index in [9.17, 15) is 9.90 Å². The molecule has 0 saturated carbocycles. The normalized spacial score (nSPS) is 10.1. The molecule has 5 heteroatoms. The Kier molecular flexibility index (Phi) is 4.10. The Morgan fingerprint density at radius 1 is 1.20 bits per heavy atom. The molecular formula is C15H14O5. The number of rotatable bonds is 5. The standard InChI is InChI=1S/C15H14O5/c1-19-12-5-6-14(13(8-12)15(17)18)20-9-10-3-2-4-11(16)7-10/h2-8,16H,9H2,1H3,(H,17,18). The molecular weight excluding hydrogens is 260 g/mol. The molecule has 0 atom stereocenters. The van der Waals surface area contributed by atoms with Crippen molar-refractivity contribution in [1.82, 2.24) is 0 Å². The van der Waals surface area contributed by atoms with Crippen molar-refractivity contribution >= 4 is 5.97 Å². The largest absolute Gasteiger partial charge is 0.508 e. The molecule has 5 nitrogen and oxygen atoms in total. The van der Waals surface area contributed by atoms with Gasteiger partial charge >= 0.3 is 5.97 Å². The summed E-state index contributed by atoms with van der Waals surface area (Å²) in [6.45, 7) is 0.168. The second-order valence-electron chi connectivity index (χ2n) is 4.13. The van der Waals surface area contributed by atoms with E-state index in [1.54, 1.807) is 36.4 Å². The molecule has 0 spiro atoms. The Labute approximate surface area is 116 Å². The Hall–Kier alpha value is -2.69. The van der Waals surface area contributed by atoms with E-state index < -0.39 is 5.97 Å². The van der Waals surface area contributed by atoms with E-state index in [0.29, 0.717) is 5.75 Å². The quantitative estimate of drug-likeness (QED) is 0.876. The first-order valence-electron chi connectivity index (χ1n) is 5.92. The zero-order valence-corrected chi connectivity index (χ0v) is 10.9. The van der Waals surface area contributed by atoms with Gasteiger partial charge in [0.2, 0.25) is 0 Å². The van der Waals surface area contributed by atoms with Gasteiger partial charge in [0.15, 0.2) is 0 Å². The van der Waals surface area contributed by atoms with Crippen LogP contribution in [0, 0.1) is 0 Å². The average Bonchev–Trinajstić information content (AvgIpc) is 2.45. The summed E-state index contributed by atoms with van der Waals surface area (Å²) in [6, 6.07) is 11.2. The average molecular weight is 274 g/mol. The Balaban J connectivity index is 2.18. The third-order valence-corrected chi connectivity index (χ3v) is 2.72. The summed E-state index contributed by atoms with van der Waals surface area (Å²) in [5, 5.41) is 18.5. The van der Waals surface area contributed by atoms with E-state index in [1.807, 2.05) is 0 Å². The summed E-state index contributed by atoms with van der Waals surface area (Å²) < 4.78 is 10.5. The van der Waals surface area contributed by atoms with Crippen molar-refractivity contribution in [3.05, 3.63) is 53.6 Å². The van der Waals surface area contributed by atoms with Crippen LogP contribution in [-0.2, 0) is 6.61 Å². The lowest BCUT2D eigenvalue weighted by Crippen LogP contribution is -2.04. The number of methoxy groups -OCH3 is 1. The minimum absolute atomic E-state index is 0.0319. The van der Waals surface area contributed by atoms with Gasteiger partial charge in [-0.3, -0.25) is 0 Å². The highest BCUT2D eigenvalue weighted by atomic mass is 16.5. The first-order chi connectivity index (χ1) is 9.60. The number of hydrogen-bond acceptors (Lipinski definition) is 4. The van der Waals surface area contributed by atoms with E-state index in [-0.39, 0.29) is 23.7 Å². The third-order valence-electron chi connectivity index (χ3n) is 2.72. The first-order valence-corrected chi connectivity index (χ1v) is 5.92. The topological polar surface area (TPSA) is 76.0 Å². The zero-order valence-electron chi connectivity index (χ0n) is 10.9. The van der Waals surface area contributed by atoms with Gasteiger partial charge in [-0.15, -0.1) is 0 Å². The Morgan fingerprint density at radius 2 is 2.00 bits per heavy atom. The fourth-order valence-corrected chi connectivity index (χ4v) is 1.74. The van der Waals surface area contributed by atoms with Crippen LogP contribution in [0.4, 0.5) is 0 Å². The number of phenols is 1. The molecule has 0 radical (unpaired) electrons. The molecule has 0 heterocycles. The number of aromatic carboxylic acids is 1. The van der Waals surface area contributed by atoms with Crippen molar-refractivity contribution in [3.8, 4) is 17.2 Å². The summed E-state index contributed by atoms with van der Waals surface area (Å²) in [5.74, 6) is -0.247. The Morgan fingerprint density at radius 3 is 2.65 bits per heavy atom. The van der Waals surface area contributed by atoms with Crippen LogP contribution in [0.1, 0.15) is 15.9 Å². The lowest BCUT2D eigenvalue weighted by molar-refractivity contribution is 0.0691. The van der Waals surface area contributed by atoms with E-state index in [0.717, 1.165) is 5.56 Å². The molecule has 2 aromatic carbocycles. The van der Waals surface area contributed by atoms with Gasteiger partial charge in [0.25, 0.3) is 0 Å². The van der Waals surface area contributed by atoms with Gasteiger partial charge in [0.05, 0.1) is 7.11 Å². The van der Waals surface area contributed by atoms with Crippen molar-refractivity contribution in [2.24, 2.45) is 0 Å². The molecule has 2 aromatic rings. The van der Waals surface area contributed by atoms with Gasteiger partial charge in [-0.2, -0.15) is 0 Å². The monoisotopic (exact) mass is 274 g/mol. The van der Waals surface area contributed by atoms with Crippen LogP contribution in [0.5, 0.6) is 17.2 Å². The van der Waals surface area contributed by atoms with E-state index in [1.165, 1.54) is 13.2 Å². The molecule has 0 bridgehead atoms. The second kappa shape index (κ2) is 5.97. The summed E-state index contributed by atoms with van der Waals surface area (Å²) >= 11 is 0. The number of carboxylic acids is 1. The number of carbonyl (C=O) groups is 1. The molecule has 20 heavy (non-hydrogen) atoms. The molecule has 0 saturated heterocycles. The maximum atomic E-state index is 11.2. The number of carboxylic acid groups (broad SMARTS) is 1. The molecule has 2 N–H and O–H groups in total. The van der Waals surface area contributed by atoms with E-state index in [2.05, 4.69) is 0 Å². The van der Waals surface area contributed by atoms with Crippen LogP contribution < -0.4 is 9.47 Å². The van der Waals surface area contributed by atoms with Crippen molar-refractivity contribution in [3.63, 3.8) is 0 Å². The second-order valence-corrected chi connectivity index (χ2v) is 4.13. The molecule has 0 amide bonds. The van der Waals surface area contributed by atoms with Crippen LogP contribution in [0.25, 0.3) is 0 Å². The van der Waals surface area contributed by atoms with Gasteiger partial charge in [0.1, 0.15) is 29.4 Å². The molecule has 0 aromatic heterocycles. The number of benzene rings is 2. The highest BCUT2D eigenvalue weighted by molar-refractivity contribution is 5.91. The fourth-order valence-electron chi connectivity index (χ4n) is 1.74. The lowest BCUT2D eigenvalue weighted by atomic mass is 10.2. The molecule has 0 unspecified atom stereocenters. The van der Waals surface area contributed by atoms with Crippen molar-refractivity contribution in [2.45, 2.75) is 6.61 Å². The maximum Gasteiger partial charge on any atom is 0.339 e. The third kappa shape index (κ3) is 3.20. The Bertz CT molecular complexity index is 621.